The quantitative estimate of drug-likeness (QED) is 0.371. The molecular formula is C11H16N2O3S. The minimum absolute atomic E-state index is 0.0304. The second-order valence-corrected chi connectivity index (χ2v) is 6.30. The number of hydrogen-bond donors (Lipinski definition) is 1. The first kappa shape index (κ1) is 13.7. The minimum Gasteiger partial charge on any atom is -0.623 e. The highest BCUT2D eigenvalue weighted by molar-refractivity contribution is 7.89. The van der Waals surface area contributed by atoms with E-state index in [0.717, 1.165) is 4.74 Å². The van der Waals surface area contributed by atoms with Crippen LogP contribution in [0.4, 0.5) is 0 Å². The number of nitrogens with zero attached hydrogens (tertiary/aromatic N) is 1. The van der Waals surface area contributed by atoms with Crippen molar-refractivity contribution in [1.29, 1.82) is 0 Å². The lowest BCUT2D eigenvalue weighted by Gasteiger charge is -2.18. The van der Waals surface area contributed by atoms with E-state index in [9.17, 15) is 13.6 Å². The van der Waals surface area contributed by atoms with Gasteiger partial charge in [-0.3, -0.25) is 0 Å². The van der Waals surface area contributed by atoms with Gasteiger partial charge in [0.1, 0.15) is 0 Å². The third-order valence-electron chi connectivity index (χ3n) is 2.14. The molecule has 0 saturated heterocycles. The van der Waals surface area contributed by atoms with E-state index in [1.165, 1.54) is 30.5 Å². The third-order valence-corrected chi connectivity index (χ3v) is 3.07. The Hall–Kier alpha value is -1.40. The SMILES string of the molecule is CC(C)(C)/[N+]([O-])=C\c1ccc(S(N)(=O)=O)cc1. The molecular weight excluding hydrogens is 240 g/mol. The molecule has 0 amide bonds. The van der Waals surface area contributed by atoms with Crippen molar-refractivity contribution in [3.63, 3.8) is 0 Å². The summed E-state index contributed by atoms with van der Waals surface area (Å²) < 4.78 is 22.9. The smallest absolute Gasteiger partial charge is 0.238 e. The molecule has 5 nitrogen and oxygen atoms in total. The lowest BCUT2D eigenvalue weighted by Crippen LogP contribution is -2.29. The number of hydroxylamine groups is 1. The average molecular weight is 256 g/mol. The van der Waals surface area contributed by atoms with Crippen LogP contribution in [0.3, 0.4) is 0 Å². The molecule has 0 aliphatic carbocycles. The summed E-state index contributed by atoms with van der Waals surface area (Å²) in [6.07, 6.45) is 1.41. The predicted octanol–water partition coefficient (Wildman–Crippen LogP) is 1.06. The van der Waals surface area contributed by atoms with E-state index < -0.39 is 15.6 Å². The monoisotopic (exact) mass is 256 g/mol. The van der Waals surface area contributed by atoms with Crippen molar-refractivity contribution in [3.8, 4) is 0 Å². The van der Waals surface area contributed by atoms with Crippen molar-refractivity contribution in [3.05, 3.63) is 35.0 Å². The molecule has 1 aromatic rings. The van der Waals surface area contributed by atoms with Gasteiger partial charge in [-0.1, -0.05) is 0 Å². The van der Waals surface area contributed by atoms with Crippen molar-refractivity contribution >= 4 is 16.2 Å². The van der Waals surface area contributed by atoms with Crippen LogP contribution >= 0.6 is 0 Å². The number of nitrogens with two attached hydrogens (primary N) is 1. The Morgan fingerprint density at radius 3 is 2.06 bits per heavy atom. The summed E-state index contributed by atoms with van der Waals surface area (Å²) in [5.74, 6) is 0. The van der Waals surface area contributed by atoms with E-state index in [1.807, 2.05) is 0 Å². The molecule has 0 heterocycles. The summed E-state index contributed by atoms with van der Waals surface area (Å²) in [4.78, 5) is 0.0304. The summed E-state index contributed by atoms with van der Waals surface area (Å²) in [6.45, 7) is 5.36. The molecule has 0 aliphatic heterocycles. The normalized spacial score (nSPS) is 13.8. The maximum Gasteiger partial charge on any atom is 0.238 e. The number of benzene rings is 1. The van der Waals surface area contributed by atoms with Crippen LogP contribution in [-0.4, -0.2) is 24.9 Å². The van der Waals surface area contributed by atoms with Crippen molar-refractivity contribution in [1.82, 2.24) is 0 Å². The zero-order valence-corrected chi connectivity index (χ0v) is 10.9. The molecule has 0 aromatic heterocycles. The summed E-state index contributed by atoms with van der Waals surface area (Å²) in [5.41, 5.74) is 0.0980. The van der Waals surface area contributed by atoms with E-state index in [2.05, 4.69) is 0 Å². The first-order chi connectivity index (χ1) is 7.60. The van der Waals surface area contributed by atoms with Crippen LogP contribution in [0.2, 0.25) is 0 Å². The zero-order valence-electron chi connectivity index (χ0n) is 10.0. The first-order valence-electron chi connectivity index (χ1n) is 5.05. The Labute approximate surface area is 101 Å². The Balaban J connectivity index is 3.06. The van der Waals surface area contributed by atoms with Crippen LogP contribution in [0.1, 0.15) is 26.3 Å². The molecule has 17 heavy (non-hydrogen) atoms. The van der Waals surface area contributed by atoms with Gasteiger partial charge in [-0.15, -0.1) is 0 Å². The van der Waals surface area contributed by atoms with Crippen molar-refractivity contribution in [2.75, 3.05) is 0 Å². The maximum atomic E-state index is 11.6. The van der Waals surface area contributed by atoms with Gasteiger partial charge in [0, 0.05) is 26.3 Å². The topological polar surface area (TPSA) is 86.2 Å². The van der Waals surface area contributed by atoms with Gasteiger partial charge in [0.15, 0.2) is 11.8 Å². The highest BCUT2D eigenvalue weighted by Crippen LogP contribution is 2.09. The molecule has 0 aliphatic rings. The Morgan fingerprint density at radius 2 is 1.71 bits per heavy atom. The van der Waals surface area contributed by atoms with E-state index in [0.29, 0.717) is 5.56 Å². The number of sulfonamides is 1. The van der Waals surface area contributed by atoms with Gasteiger partial charge in [-0.25, -0.2) is 18.3 Å². The van der Waals surface area contributed by atoms with Gasteiger partial charge < -0.3 is 5.21 Å². The number of hydrogen-bond acceptors (Lipinski definition) is 3. The van der Waals surface area contributed by atoms with Gasteiger partial charge in [0.2, 0.25) is 10.0 Å². The van der Waals surface area contributed by atoms with Gasteiger partial charge in [-0.05, 0) is 24.3 Å². The van der Waals surface area contributed by atoms with Gasteiger partial charge >= 0.3 is 0 Å². The van der Waals surface area contributed by atoms with Crippen molar-refractivity contribution < 1.29 is 13.2 Å². The van der Waals surface area contributed by atoms with Crippen LogP contribution in [0.15, 0.2) is 29.2 Å². The molecule has 0 bridgehead atoms. The molecule has 0 fully saturated rings. The maximum absolute atomic E-state index is 11.6. The van der Waals surface area contributed by atoms with Crippen LogP contribution in [0.5, 0.6) is 0 Å². The fourth-order valence-electron chi connectivity index (χ4n) is 1.07. The number of rotatable bonds is 2. The molecule has 0 spiro atoms. The van der Waals surface area contributed by atoms with E-state index in [4.69, 9.17) is 5.14 Å². The second kappa shape index (κ2) is 4.46. The Bertz CT molecular complexity index is 525. The Kier molecular flexibility index (Phi) is 3.59. The van der Waals surface area contributed by atoms with Crippen LogP contribution < -0.4 is 5.14 Å². The fourth-order valence-corrected chi connectivity index (χ4v) is 1.59. The zero-order chi connectivity index (χ0) is 13.3. The molecule has 0 saturated carbocycles. The van der Waals surface area contributed by atoms with Crippen LogP contribution in [0.25, 0.3) is 0 Å². The first-order valence-corrected chi connectivity index (χ1v) is 6.59. The van der Waals surface area contributed by atoms with E-state index in [1.54, 1.807) is 20.8 Å². The summed E-state index contributed by atoms with van der Waals surface area (Å²) in [7, 11) is -3.68. The standard InChI is InChI=1S/C11H16N2O3S/c1-11(2,3)13(14)8-9-4-6-10(7-5-9)17(12,15)16/h4-8H,1-3H3,(H2,12,15,16)/b13-8+. The van der Waals surface area contributed by atoms with E-state index in [-0.39, 0.29) is 4.90 Å². The molecule has 94 valence electrons. The molecule has 2 N–H and O–H groups in total. The second-order valence-electron chi connectivity index (χ2n) is 4.74. The van der Waals surface area contributed by atoms with Crippen molar-refractivity contribution in [2.45, 2.75) is 31.2 Å². The van der Waals surface area contributed by atoms with Gasteiger partial charge in [-0.2, -0.15) is 0 Å². The van der Waals surface area contributed by atoms with Crippen molar-refractivity contribution in [2.24, 2.45) is 5.14 Å². The molecule has 6 heteroatoms. The molecule has 1 rings (SSSR count). The minimum atomic E-state index is -3.68. The fraction of sp³-hybridized carbons (Fsp3) is 0.364. The number of primary sulfonamides is 1. The highest BCUT2D eigenvalue weighted by atomic mass is 32.2. The summed E-state index contributed by atoms with van der Waals surface area (Å²) in [5, 5.41) is 16.6. The lowest BCUT2D eigenvalue weighted by atomic mass is 10.1. The summed E-state index contributed by atoms with van der Waals surface area (Å²) in [6, 6.07) is 5.82. The van der Waals surface area contributed by atoms with Gasteiger partial charge in [0.05, 0.1) is 4.90 Å². The molecule has 0 radical (unpaired) electrons. The molecule has 1 aromatic carbocycles. The highest BCUT2D eigenvalue weighted by Gasteiger charge is 2.18. The third kappa shape index (κ3) is 3.83. The van der Waals surface area contributed by atoms with Crippen LogP contribution in [0, 0.1) is 5.21 Å². The molecule has 0 unspecified atom stereocenters. The molecule has 0 atom stereocenters. The van der Waals surface area contributed by atoms with Crippen LogP contribution in [-0.2, 0) is 10.0 Å². The largest absolute Gasteiger partial charge is 0.623 e. The van der Waals surface area contributed by atoms with Gasteiger partial charge in [0.25, 0.3) is 0 Å². The Morgan fingerprint density at radius 1 is 1.24 bits per heavy atom. The average Bonchev–Trinajstić information content (AvgIpc) is 2.15. The summed E-state index contributed by atoms with van der Waals surface area (Å²) >= 11 is 0. The lowest BCUT2D eigenvalue weighted by molar-refractivity contribution is -0.530. The predicted molar refractivity (Wildman–Crippen MR) is 66.4 cm³/mol. The van der Waals surface area contributed by atoms with E-state index >= 15 is 0 Å².